The van der Waals surface area contributed by atoms with Gasteiger partial charge in [-0.1, -0.05) is 59.6 Å². The first-order chi connectivity index (χ1) is 12.0. The van der Waals surface area contributed by atoms with Crippen molar-refractivity contribution in [2.24, 2.45) is 0 Å². The molecule has 7 heteroatoms. The van der Waals surface area contributed by atoms with Gasteiger partial charge in [-0.3, -0.25) is 9.59 Å². The number of benzene rings is 2. The molecule has 0 aliphatic rings. The van der Waals surface area contributed by atoms with Gasteiger partial charge < -0.3 is 5.32 Å². The van der Waals surface area contributed by atoms with E-state index in [9.17, 15) is 9.59 Å². The fourth-order valence-corrected chi connectivity index (χ4v) is 2.81. The van der Waals surface area contributed by atoms with Crippen LogP contribution in [0.2, 0.25) is 10.0 Å². The first-order valence-corrected chi connectivity index (χ1v) is 8.40. The molecular weight excluding hydrogens is 361 g/mol. The number of carbonyl (C=O) groups is 1. The van der Waals surface area contributed by atoms with Gasteiger partial charge in [-0.2, -0.15) is 5.10 Å². The molecular formula is C18H15Cl2N3O2. The minimum atomic E-state index is -0.595. The van der Waals surface area contributed by atoms with E-state index in [1.54, 1.807) is 0 Å². The maximum Gasteiger partial charge on any atom is 0.287 e. The Morgan fingerprint density at radius 1 is 1.20 bits per heavy atom. The van der Waals surface area contributed by atoms with Crippen molar-refractivity contribution in [2.45, 2.75) is 19.5 Å². The Kier molecular flexibility index (Phi) is 5.06. The molecule has 0 bridgehead atoms. The number of amides is 1. The van der Waals surface area contributed by atoms with Gasteiger partial charge in [-0.15, -0.1) is 0 Å². The fraction of sp³-hybridized carbons (Fsp3) is 0.167. The van der Waals surface area contributed by atoms with E-state index in [-0.39, 0.29) is 28.5 Å². The summed E-state index contributed by atoms with van der Waals surface area (Å²) in [6, 6.07) is 13.8. The SMILES string of the molecule is CC(NC(=O)Cn1ncc(Cl)c(Cl)c1=O)c1ccc2ccccc2c1. The van der Waals surface area contributed by atoms with Gasteiger partial charge in [0.05, 0.1) is 17.3 Å². The lowest BCUT2D eigenvalue weighted by atomic mass is 10.0. The van der Waals surface area contributed by atoms with Crippen molar-refractivity contribution in [1.29, 1.82) is 0 Å². The molecule has 1 N–H and O–H groups in total. The zero-order valence-corrected chi connectivity index (χ0v) is 14.9. The van der Waals surface area contributed by atoms with Crippen molar-refractivity contribution >= 4 is 39.9 Å². The molecule has 0 saturated heterocycles. The van der Waals surface area contributed by atoms with Crippen LogP contribution < -0.4 is 10.9 Å². The number of fused-ring (bicyclic) bond motifs is 1. The van der Waals surface area contributed by atoms with E-state index in [0.29, 0.717) is 0 Å². The highest BCUT2D eigenvalue weighted by Gasteiger charge is 2.14. The molecule has 3 aromatic rings. The van der Waals surface area contributed by atoms with Crippen molar-refractivity contribution in [1.82, 2.24) is 15.1 Å². The molecule has 1 aromatic heterocycles. The maximum atomic E-state index is 12.2. The topological polar surface area (TPSA) is 64.0 Å². The summed E-state index contributed by atoms with van der Waals surface area (Å²) in [6.07, 6.45) is 1.24. The average Bonchev–Trinajstić information content (AvgIpc) is 2.61. The Bertz CT molecular complexity index is 1000. The highest BCUT2D eigenvalue weighted by molar-refractivity contribution is 6.41. The second-order valence-electron chi connectivity index (χ2n) is 5.67. The van der Waals surface area contributed by atoms with Gasteiger partial charge in [0.25, 0.3) is 5.56 Å². The lowest BCUT2D eigenvalue weighted by Gasteiger charge is -2.15. The average molecular weight is 376 g/mol. The normalized spacial score (nSPS) is 12.1. The molecule has 0 aliphatic carbocycles. The molecule has 1 heterocycles. The number of nitrogens with one attached hydrogen (secondary N) is 1. The number of nitrogens with zero attached hydrogens (tertiary/aromatic N) is 2. The molecule has 0 aliphatic heterocycles. The van der Waals surface area contributed by atoms with Gasteiger partial charge >= 0.3 is 0 Å². The van der Waals surface area contributed by atoms with Gasteiger partial charge in [0.2, 0.25) is 5.91 Å². The lowest BCUT2D eigenvalue weighted by Crippen LogP contribution is -2.35. The van der Waals surface area contributed by atoms with Crippen molar-refractivity contribution in [3.8, 4) is 0 Å². The molecule has 0 fully saturated rings. The molecule has 5 nitrogen and oxygen atoms in total. The zero-order valence-electron chi connectivity index (χ0n) is 13.4. The largest absolute Gasteiger partial charge is 0.348 e. The van der Waals surface area contributed by atoms with E-state index in [4.69, 9.17) is 23.2 Å². The van der Waals surface area contributed by atoms with Gasteiger partial charge in [-0.25, -0.2) is 4.68 Å². The molecule has 3 rings (SSSR count). The number of aromatic nitrogens is 2. The lowest BCUT2D eigenvalue weighted by molar-refractivity contribution is -0.122. The minimum Gasteiger partial charge on any atom is -0.348 e. The summed E-state index contributed by atoms with van der Waals surface area (Å²) in [5.74, 6) is -0.339. The predicted molar refractivity (Wildman–Crippen MR) is 99.0 cm³/mol. The Balaban J connectivity index is 1.73. The van der Waals surface area contributed by atoms with E-state index in [1.807, 2.05) is 49.4 Å². The standard InChI is InChI=1S/C18H15Cl2N3O2/c1-11(13-7-6-12-4-2-3-5-14(12)8-13)22-16(24)10-23-18(25)17(20)15(19)9-21-23/h2-9,11H,10H2,1H3,(H,22,24). The van der Waals surface area contributed by atoms with Crippen LogP contribution >= 0.6 is 23.2 Å². The third kappa shape index (κ3) is 3.83. The number of rotatable bonds is 4. The van der Waals surface area contributed by atoms with Crippen molar-refractivity contribution in [3.63, 3.8) is 0 Å². The van der Waals surface area contributed by atoms with Crippen LogP contribution in [0, 0.1) is 0 Å². The first-order valence-electron chi connectivity index (χ1n) is 7.65. The summed E-state index contributed by atoms with van der Waals surface area (Å²) < 4.78 is 0.983. The zero-order chi connectivity index (χ0) is 18.0. The van der Waals surface area contributed by atoms with E-state index >= 15 is 0 Å². The summed E-state index contributed by atoms with van der Waals surface area (Å²) in [6.45, 7) is 1.65. The molecule has 0 saturated carbocycles. The Labute approximate surface area is 154 Å². The van der Waals surface area contributed by atoms with Gasteiger partial charge in [-0.05, 0) is 29.3 Å². The van der Waals surface area contributed by atoms with E-state index < -0.39 is 5.56 Å². The third-order valence-electron chi connectivity index (χ3n) is 3.89. The summed E-state index contributed by atoms with van der Waals surface area (Å²) in [4.78, 5) is 24.2. The highest BCUT2D eigenvalue weighted by Crippen LogP contribution is 2.20. The summed E-state index contributed by atoms with van der Waals surface area (Å²) in [7, 11) is 0. The molecule has 2 aromatic carbocycles. The van der Waals surface area contributed by atoms with Crippen molar-refractivity contribution in [2.75, 3.05) is 0 Å². The molecule has 1 unspecified atom stereocenters. The molecule has 1 amide bonds. The van der Waals surface area contributed by atoms with Crippen LogP contribution in [0.1, 0.15) is 18.5 Å². The molecule has 1 atom stereocenters. The monoisotopic (exact) mass is 375 g/mol. The van der Waals surface area contributed by atoms with E-state index in [2.05, 4.69) is 10.4 Å². The Morgan fingerprint density at radius 2 is 1.92 bits per heavy atom. The molecule has 0 spiro atoms. The maximum absolute atomic E-state index is 12.2. The summed E-state index contributed by atoms with van der Waals surface area (Å²) >= 11 is 11.5. The molecule has 0 radical (unpaired) electrons. The van der Waals surface area contributed by atoms with Crippen LogP contribution in [0.5, 0.6) is 0 Å². The van der Waals surface area contributed by atoms with Crippen LogP contribution in [-0.2, 0) is 11.3 Å². The molecule has 25 heavy (non-hydrogen) atoms. The smallest absolute Gasteiger partial charge is 0.287 e. The van der Waals surface area contributed by atoms with E-state index in [0.717, 1.165) is 21.0 Å². The third-order valence-corrected chi connectivity index (χ3v) is 4.64. The van der Waals surface area contributed by atoms with Gasteiger partial charge in [0.15, 0.2) is 0 Å². The second kappa shape index (κ2) is 7.25. The second-order valence-corrected chi connectivity index (χ2v) is 6.45. The van der Waals surface area contributed by atoms with Crippen LogP contribution in [0.4, 0.5) is 0 Å². The van der Waals surface area contributed by atoms with Crippen LogP contribution in [0.3, 0.4) is 0 Å². The van der Waals surface area contributed by atoms with Crippen LogP contribution in [0.25, 0.3) is 10.8 Å². The first kappa shape index (κ1) is 17.5. The van der Waals surface area contributed by atoms with Gasteiger partial charge in [0.1, 0.15) is 11.6 Å². The van der Waals surface area contributed by atoms with Crippen molar-refractivity contribution in [3.05, 3.63) is 74.6 Å². The quantitative estimate of drug-likeness (QED) is 0.757. The summed E-state index contributed by atoms with van der Waals surface area (Å²) in [5, 5.41) is 8.83. The highest BCUT2D eigenvalue weighted by atomic mass is 35.5. The number of hydrogen-bond acceptors (Lipinski definition) is 3. The number of halogens is 2. The summed E-state index contributed by atoms with van der Waals surface area (Å²) in [5.41, 5.74) is 0.379. The van der Waals surface area contributed by atoms with Crippen LogP contribution in [-0.4, -0.2) is 15.7 Å². The predicted octanol–water partition coefficient (Wildman–Crippen LogP) is 3.58. The van der Waals surface area contributed by atoms with Gasteiger partial charge in [0, 0.05) is 0 Å². The van der Waals surface area contributed by atoms with Crippen LogP contribution in [0.15, 0.2) is 53.5 Å². The number of hydrogen-bond donors (Lipinski definition) is 1. The fourth-order valence-electron chi connectivity index (χ4n) is 2.54. The van der Waals surface area contributed by atoms with Crippen molar-refractivity contribution < 1.29 is 4.79 Å². The molecule has 128 valence electrons. The Morgan fingerprint density at radius 3 is 2.68 bits per heavy atom. The Hall–Kier alpha value is -2.37. The minimum absolute atomic E-state index is 0.0628. The van der Waals surface area contributed by atoms with E-state index in [1.165, 1.54) is 6.20 Å². The number of carbonyl (C=O) groups excluding carboxylic acids is 1.